The number of halogens is 2. The van der Waals surface area contributed by atoms with Crippen molar-refractivity contribution in [2.45, 2.75) is 6.92 Å². The first-order valence-electron chi connectivity index (χ1n) is 5.95. The van der Waals surface area contributed by atoms with Crippen LogP contribution in [-0.4, -0.2) is 27.3 Å². The third-order valence-corrected chi connectivity index (χ3v) is 3.66. The Bertz CT molecular complexity index is 717. The average molecular weight is 372 g/mol. The van der Waals surface area contributed by atoms with Gasteiger partial charge in [-0.05, 0) is 35.0 Å². The van der Waals surface area contributed by atoms with Gasteiger partial charge in [0, 0.05) is 11.8 Å². The minimum absolute atomic E-state index is 0.0833. The number of hydrogen-bond acceptors (Lipinski definition) is 4. The summed E-state index contributed by atoms with van der Waals surface area (Å²) >= 11 is 7.95. The number of esters is 1. The molecule has 0 atom stereocenters. The maximum atomic E-state index is 14.3. The lowest BCUT2D eigenvalue weighted by molar-refractivity contribution is 0.0526. The van der Waals surface area contributed by atoms with Crippen molar-refractivity contribution in [3.05, 3.63) is 45.9 Å². The minimum Gasteiger partial charge on any atom is -0.462 e. The highest BCUT2D eigenvalue weighted by Gasteiger charge is 2.16. The Balaban J connectivity index is 2.42. The smallest absolute Gasteiger partial charge is 0.341 e. The first-order valence-corrected chi connectivity index (χ1v) is 7.15. The van der Waals surface area contributed by atoms with Crippen LogP contribution in [0.1, 0.15) is 22.8 Å². The second-order valence-electron chi connectivity index (χ2n) is 4.02. The van der Waals surface area contributed by atoms with Gasteiger partial charge in [-0.3, -0.25) is 0 Å². The summed E-state index contributed by atoms with van der Waals surface area (Å²) in [6.45, 7) is 1.96. The van der Waals surface area contributed by atoms with Gasteiger partial charge in [-0.1, -0.05) is 12.2 Å². The summed E-state index contributed by atoms with van der Waals surface area (Å²) in [6.07, 6.45) is 2.70. The number of nitrogens with two attached hydrogens (primary N) is 1. The highest BCUT2D eigenvalue weighted by Crippen LogP contribution is 2.26. The van der Waals surface area contributed by atoms with Crippen molar-refractivity contribution in [1.29, 1.82) is 0 Å². The third kappa shape index (κ3) is 3.11. The molecule has 0 aliphatic heterocycles. The van der Waals surface area contributed by atoms with Crippen LogP contribution in [0.3, 0.4) is 0 Å². The zero-order chi connectivity index (χ0) is 15.6. The quantitative estimate of drug-likeness (QED) is 0.660. The number of rotatable bonds is 4. The van der Waals surface area contributed by atoms with Gasteiger partial charge >= 0.3 is 5.97 Å². The summed E-state index contributed by atoms with van der Waals surface area (Å²) in [5.74, 6) is -1.08. The zero-order valence-corrected chi connectivity index (χ0v) is 13.4. The Labute approximate surface area is 134 Å². The second kappa shape index (κ2) is 6.31. The molecule has 0 saturated carbocycles. The number of nitrogens with zero attached hydrogens (tertiary/aromatic N) is 2. The molecule has 21 heavy (non-hydrogen) atoms. The van der Waals surface area contributed by atoms with Crippen LogP contribution in [-0.2, 0) is 4.74 Å². The number of carbonyl (C=O) groups excluding carboxylic acids is 1. The lowest BCUT2D eigenvalue weighted by Crippen LogP contribution is -2.12. The lowest BCUT2D eigenvalue weighted by Gasteiger charge is -2.08. The first-order chi connectivity index (χ1) is 9.95. The summed E-state index contributed by atoms with van der Waals surface area (Å²) in [5.41, 5.74) is 6.30. The number of carbonyl (C=O) groups is 1. The molecule has 5 nitrogen and oxygen atoms in total. The molecule has 0 bridgehead atoms. The van der Waals surface area contributed by atoms with Crippen molar-refractivity contribution < 1.29 is 13.9 Å². The van der Waals surface area contributed by atoms with E-state index in [4.69, 9.17) is 22.7 Å². The van der Waals surface area contributed by atoms with Crippen molar-refractivity contribution in [3.63, 3.8) is 0 Å². The highest BCUT2D eigenvalue weighted by atomic mass is 79.9. The molecule has 0 aliphatic carbocycles. The van der Waals surface area contributed by atoms with E-state index < -0.39 is 11.8 Å². The highest BCUT2D eigenvalue weighted by molar-refractivity contribution is 9.10. The Morgan fingerprint density at radius 1 is 1.57 bits per heavy atom. The number of ether oxygens (including phenoxy) is 1. The molecule has 2 aromatic rings. The molecule has 2 rings (SSSR count). The SMILES string of the molecule is CCOC(=O)c1cnn(-c2ccc(C(N)=S)c(Br)c2F)c1. The molecule has 1 heterocycles. The van der Waals surface area contributed by atoms with E-state index in [-0.39, 0.29) is 27.3 Å². The molecule has 0 saturated heterocycles. The van der Waals surface area contributed by atoms with Gasteiger partial charge < -0.3 is 10.5 Å². The molecule has 0 aliphatic rings. The molecule has 2 N–H and O–H groups in total. The molecule has 0 spiro atoms. The van der Waals surface area contributed by atoms with Gasteiger partial charge in [0.15, 0.2) is 5.82 Å². The maximum absolute atomic E-state index is 14.3. The van der Waals surface area contributed by atoms with E-state index in [2.05, 4.69) is 21.0 Å². The average Bonchev–Trinajstić information content (AvgIpc) is 2.91. The monoisotopic (exact) mass is 371 g/mol. The van der Waals surface area contributed by atoms with Crippen molar-refractivity contribution in [1.82, 2.24) is 9.78 Å². The Kier molecular flexibility index (Phi) is 4.69. The molecule has 1 aromatic heterocycles. The maximum Gasteiger partial charge on any atom is 0.341 e. The van der Waals surface area contributed by atoms with Gasteiger partial charge in [0.25, 0.3) is 0 Å². The van der Waals surface area contributed by atoms with Crippen LogP contribution in [0.4, 0.5) is 4.39 Å². The van der Waals surface area contributed by atoms with E-state index in [1.807, 2.05) is 0 Å². The number of benzene rings is 1. The van der Waals surface area contributed by atoms with Crippen LogP contribution in [0.15, 0.2) is 29.0 Å². The largest absolute Gasteiger partial charge is 0.462 e. The minimum atomic E-state index is -0.571. The number of thiocarbonyl (C=S) groups is 1. The van der Waals surface area contributed by atoms with E-state index >= 15 is 0 Å². The molecule has 1 aromatic carbocycles. The topological polar surface area (TPSA) is 70.1 Å². The predicted molar refractivity (Wildman–Crippen MR) is 83.1 cm³/mol. The summed E-state index contributed by atoms with van der Waals surface area (Å²) < 4.78 is 20.6. The summed E-state index contributed by atoms with van der Waals surface area (Å²) in [5, 5.41) is 3.96. The fourth-order valence-electron chi connectivity index (χ4n) is 1.68. The van der Waals surface area contributed by atoms with E-state index in [0.717, 1.165) is 0 Å². The standard InChI is InChI=1S/C13H11BrFN3O2S/c1-2-20-13(19)7-5-17-18(6-7)9-4-3-8(12(16)21)10(14)11(9)15/h3-6H,2H2,1H3,(H2,16,21). The molecule has 110 valence electrons. The fraction of sp³-hybridized carbons (Fsp3) is 0.154. The zero-order valence-electron chi connectivity index (χ0n) is 11.0. The van der Waals surface area contributed by atoms with Gasteiger partial charge in [0.05, 0.1) is 22.8 Å². The number of aromatic nitrogens is 2. The van der Waals surface area contributed by atoms with Gasteiger partial charge in [-0.25, -0.2) is 13.9 Å². The molecule has 0 radical (unpaired) electrons. The van der Waals surface area contributed by atoms with Crippen LogP contribution >= 0.6 is 28.1 Å². The van der Waals surface area contributed by atoms with Crippen molar-refractivity contribution >= 4 is 39.1 Å². The number of hydrogen-bond donors (Lipinski definition) is 1. The molecule has 0 amide bonds. The van der Waals surface area contributed by atoms with Crippen LogP contribution in [0, 0.1) is 5.82 Å². The Morgan fingerprint density at radius 2 is 2.29 bits per heavy atom. The molecular weight excluding hydrogens is 361 g/mol. The molecule has 8 heteroatoms. The van der Waals surface area contributed by atoms with Crippen molar-refractivity contribution in [2.24, 2.45) is 5.73 Å². The van der Waals surface area contributed by atoms with E-state index in [1.54, 1.807) is 13.0 Å². The van der Waals surface area contributed by atoms with Crippen LogP contribution in [0.25, 0.3) is 5.69 Å². The first kappa shape index (κ1) is 15.6. The third-order valence-electron chi connectivity index (χ3n) is 2.67. The Hall–Kier alpha value is -1.80. The normalized spacial score (nSPS) is 10.4. The van der Waals surface area contributed by atoms with Crippen LogP contribution in [0.5, 0.6) is 0 Å². The van der Waals surface area contributed by atoms with E-state index in [9.17, 15) is 9.18 Å². The van der Waals surface area contributed by atoms with Crippen LogP contribution in [0.2, 0.25) is 0 Å². The molecule has 0 unspecified atom stereocenters. The van der Waals surface area contributed by atoms with Crippen molar-refractivity contribution in [3.8, 4) is 5.69 Å². The second-order valence-corrected chi connectivity index (χ2v) is 5.25. The summed E-state index contributed by atoms with van der Waals surface area (Å²) in [6, 6.07) is 3.06. The summed E-state index contributed by atoms with van der Waals surface area (Å²) in [4.78, 5) is 11.7. The van der Waals surface area contributed by atoms with E-state index in [1.165, 1.54) is 23.1 Å². The van der Waals surface area contributed by atoms with E-state index in [0.29, 0.717) is 5.56 Å². The Morgan fingerprint density at radius 3 is 2.90 bits per heavy atom. The summed E-state index contributed by atoms with van der Waals surface area (Å²) in [7, 11) is 0. The van der Waals surface area contributed by atoms with Crippen LogP contribution < -0.4 is 5.73 Å². The fourth-order valence-corrected chi connectivity index (χ4v) is 2.53. The van der Waals surface area contributed by atoms with Gasteiger partial charge in [-0.15, -0.1) is 0 Å². The molecule has 0 fully saturated rings. The van der Waals surface area contributed by atoms with Gasteiger partial charge in [0.1, 0.15) is 10.7 Å². The lowest BCUT2D eigenvalue weighted by atomic mass is 10.2. The molecular formula is C13H11BrFN3O2S. The predicted octanol–water partition coefficient (Wildman–Crippen LogP) is 2.58. The van der Waals surface area contributed by atoms with Gasteiger partial charge in [-0.2, -0.15) is 5.10 Å². The van der Waals surface area contributed by atoms with Gasteiger partial charge in [0.2, 0.25) is 0 Å². The van der Waals surface area contributed by atoms with Crippen molar-refractivity contribution in [2.75, 3.05) is 6.61 Å².